The van der Waals surface area contributed by atoms with Crippen LogP contribution in [0.3, 0.4) is 0 Å². The van der Waals surface area contributed by atoms with Crippen molar-refractivity contribution in [3.63, 3.8) is 0 Å². The van der Waals surface area contributed by atoms with E-state index in [-0.39, 0.29) is 28.6 Å². The van der Waals surface area contributed by atoms with Crippen LogP contribution in [0.25, 0.3) is 0 Å². The maximum atomic E-state index is 7.44. The molecule has 0 radical (unpaired) electrons. The van der Waals surface area contributed by atoms with Gasteiger partial charge in [0.2, 0.25) is 0 Å². The molecule has 0 nitrogen and oxygen atoms in total. The number of rotatable bonds is 0. The number of hydrogen-bond acceptors (Lipinski definition) is 0. The predicted octanol–water partition coefficient (Wildman–Crippen LogP) is 3.05. The van der Waals surface area contributed by atoms with E-state index in [1.54, 1.807) is 0 Å². The summed E-state index contributed by atoms with van der Waals surface area (Å²) in [6, 6.07) is -0.164. The topological polar surface area (TPSA) is 0 Å². The summed E-state index contributed by atoms with van der Waals surface area (Å²) in [6.07, 6.45) is 0. The molecule has 0 unspecified atom stereocenters. The second-order valence-corrected chi connectivity index (χ2v) is 3.00. The first-order valence-electron chi connectivity index (χ1n) is 3.88. The molecule has 0 saturated heterocycles. The highest BCUT2D eigenvalue weighted by Gasteiger charge is 1.84. The van der Waals surface area contributed by atoms with Crippen molar-refractivity contribution in [3.8, 4) is 0 Å². The Bertz CT molecular complexity index is 234. The quantitative estimate of drug-likeness (QED) is 0.643. The molecular formula is C6H4BrI. The van der Waals surface area contributed by atoms with Crippen molar-refractivity contribution in [2.24, 2.45) is 0 Å². The van der Waals surface area contributed by atoms with Gasteiger partial charge in [-0.15, -0.1) is 0 Å². The van der Waals surface area contributed by atoms with Crippen LogP contribution in [-0.4, -0.2) is 0 Å². The molecule has 1 rings (SSSR count). The van der Waals surface area contributed by atoms with Crippen LogP contribution in [0, 0.1) is 3.57 Å². The minimum atomic E-state index is -0.137. The minimum Gasteiger partial charge on any atom is -0.0601 e. The zero-order chi connectivity index (χ0) is 9.46. The normalized spacial score (nSPS) is 16.2. The molecule has 0 atom stereocenters. The van der Waals surface area contributed by atoms with Crippen molar-refractivity contribution in [1.29, 1.82) is 0 Å². The Morgan fingerprint density at radius 3 is 3.12 bits per heavy atom. The van der Waals surface area contributed by atoms with E-state index >= 15 is 0 Å². The average molecular weight is 287 g/mol. The Balaban J connectivity index is 3.60. The largest absolute Gasteiger partial charge is 0.0646 e. The van der Waals surface area contributed by atoms with Gasteiger partial charge < -0.3 is 0 Å². The smallest absolute Gasteiger partial charge is 0.0601 e. The lowest BCUT2D eigenvalue weighted by atomic mass is 10.4. The molecule has 42 valence electrons. The average Bonchev–Trinajstić information content (AvgIpc) is 2.08. The van der Waals surface area contributed by atoms with Crippen LogP contribution in [-0.2, 0) is 0 Å². The lowest BCUT2D eigenvalue weighted by molar-refractivity contribution is 1.60. The fourth-order valence-corrected chi connectivity index (χ4v) is 1.37. The fraction of sp³-hybridized carbons (Fsp3) is 0. The Kier molecular flexibility index (Phi) is 1.06. The molecule has 0 amide bonds. The molecule has 8 heavy (non-hydrogen) atoms. The Hall–Kier alpha value is 0.430. The summed E-state index contributed by atoms with van der Waals surface area (Å²) in [5.74, 6) is 0. The van der Waals surface area contributed by atoms with Gasteiger partial charge in [-0.3, -0.25) is 0 Å². The first-order chi connectivity index (χ1) is 5.46. The summed E-state index contributed by atoms with van der Waals surface area (Å²) >= 11 is 4.86. The van der Waals surface area contributed by atoms with Crippen molar-refractivity contribution in [2.45, 2.75) is 0 Å². The van der Waals surface area contributed by atoms with Gasteiger partial charge >= 0.3 is 0 Å². The van der Waals surface area contributed by atoms with Crippen molar-refractivity contribution < 1.29 is 5.48 Å². The van der Waals surface area contributed by atoms with Gasteiger partial charge in [-0.2, -0.15) is 0 Å². The van der Waals surface area contributed by atoms with Crippen LogP contribution >= 0.6 is 38.5 Å². The van der Waals surface area contributed by atoms with Crippen molar-refractivity contribution in [3.05, 3.63) is 32.2 Å². The summed E-state index contributed by atoms with van der Waals surface area (Å²) in [5, 5.41) is 0. The third kappa shape index (κ3) is 1.74. The summed E-state index contributed by atoms with van der Waals surface area (Å²) < 4.78 is 30.2. The van der Waals surface area contributed by atoms with E-state index in [4.69, 9.17) is 5.48 Å². The van der Waals surface area contributed by atoms with Crippen molar-refractivity contribution >= 4 is 38.5 Å². The van der Waals surface area contributed by atoms with E-state index < -0.39 is 0 Å². The van der Waals surface area contributed by atoms with Crippen LogP contribution in [0.4, 0.5) is 0 Å². The van der Waals surface area contributed by atoms with Crippen LogP contribution < -0.4 is 0 Å². The number of hydrogen-bond donors (Lipinski definition) is 0. The van der Waals surface area contributed by atoms with Gasteiger partial charge in [0.15, 0.2) is 0 Å². The number of halogens is 2. The fourth-order valence-electron chi connectivity index (χ4n) is 0.300. The molecular weight excluding hydrogens is 279 g/mol. The molecule has 0 bridgehead atoms. The summed E-state index contributed by atoms with van der Waals surface area (Å²) in [5.41, 5.74) is 0. The third-order valence-electron chi connectivity index (χ3n) is 0.564. The van der Waals surface area contributed by atoms with Crippen molar-refractivity contribution in [2.75, 3.05) is 0 Å². The standard InChI is InChI=1S/C6H4BrI/c7-5-2-1-3-6(8)4-5/h1-4H/i1D,2D,3D,4D. The van der Waals surface area contributed by atoms with E-state index in [0.717, 1.165) is 0 Å². The van der Waals surface area contributed by atoms with E-state index in [9.17, 15) is 0 Å². The molecule has 0 fully saturated rings. The van der Waals surface area contributed by atoms with E-state index in [1.807, 2.05) is 22.6 Å². The summed E-state index contributed by atoms with van der Waals surface area (Å²) in [6.45, 7) is 0. The van der Waals surface area contributed by atoms with Gasteiger partial charge in [-0.25, -0.2) is 0 Å². The Labute approximate surface area is 76.2 Å². The molecule has 0 aliphatic heterocycles. The second-order valence-electron chi connectivity index (χ2n) is 1.13. The lowest BCUT2D eigenvalue weighted by Gasteiger charge is -1.87. The van der Waals surface area contributed by atoms with Crippen LogP contribution in [0.1, 0.15) is 5.48 Å². The molecule has 0 aromatic heterocycles. The maximum Gasteiger partial charge on any atom is 0.0646 e. The first kappa shape index (κ1) is 3.01. The Morgan fingerprint density at radius 2 is 2.38 bits per heavy atom. The van der Waals surface area contributed by atoms with Crippen molar-refractivity contribution in [1.82, 2.24) is 0 Å². The molecule has 2 heteroatoms. The molecule has 0 spiro atoms. The van der Waals surface area contributed by atoms with E-state index in [0.29, 0.717) is 3.57 Å². The second kappa shape index (κ2) is 2.82. The molecule has 0 aliphatic rings. The van der Waals surface area contributed by atoms with E-state index in [1.165, 1.54) is 0 Å². The molecule has 0 heterocycles. The molecule has 1 aromatic rings. The molecule has 0 saturated carbocycles. The maximum absolute atomic E-state index is 7.44. The highest BCUT2D eigenvalue weighted by Crippen LogP contribution is 2.12. The van der Waals surface area contributed by atoms with Crippen LogP contribution in [0.5, 0.6) is 0 Å². The van der Waals surface area contributed by atoms with Gasteiger partial charge in [0, 0.05) is 8.04 Å². The van der Waals surface area contributed by atoms with Gasteiger partial charge in [-0.1, -0.05) is 22.0 Å². The highest BCUT2D eigenvalue weighted by molar-refractivity contribution is 14.1. The highest BCUT2D eigenvalue weighted by atomic mass is 127. The predicted molar refractivity (Wildman–Crippen MR) is 46.9 cm³/mol. The molecule has 0 N–H and O–H groups in total. The summed E-state index contributed by atoms with van der Waals surface area (Å²) in [7, 11) is 0. The summed E-state index contributed by atoms with van der Waals surface area (Å²) in [4.78, 5) is 0. The third-order valence-corrected chi connectivity index (χ3v) is 1.50. The lowest BCUT2D eigenvalue weighted by Crippen LogP contribution is -1.66. The van der Waals surface area contributed by atoms with Gasteiger partial charge in [0.25, 0.3) is 0 Å². The van der Waals surface area contributed by atoms with Crippen LogP contribution in [0.15, 0.2) is 28.6 Å². The monoisotopic (exact) mass is 286 g/mol. The van der Waals surface area contributed by atoms with Gasteiger partial charge in [-0.05, 0) is 40.7 Å². The SMILES string of the molecule is [2H]c1c([2H])c(Br)c([2H])c(I)c1[2H]. The molecule has 0 aliphatic carbocycles. The Morgan fingerprint density at radius 1 is 1.62 bits per heavy atom. The molecule has 1 aromatic carbocycles. The first-order valence-corrected chi connectivity index (χ1v) is 3.75. The minimum absolute atomic E-state index is 0.0474. The zero-order valence-corrected chi connectivity index (χ0v) is 7.50. The van der Waals surface area contributed by atoms with Gasteiger partial charge in [0.1, 0.15) is 0 Å². The number of benzene rings is 1. The van der Waals surface area contributed by atoms with E-state index in [2.05, 4.69) is 15.9 Å². The van der Waals surface area contributed by atoms with Crippen LogP contribution in [0.2, 0.25) is 0 Å². The zero-order valence-electron chi connectivity index (χ0n) is 7.76. The van der Waals surface area contributed by atoms with Gasteiger partial charge in [0.05, 0.1) is 5.48 Å².